The van der Waals surface area contributed by atoms with Crippen molar-refractivity contribution < 1.29 is 89.7 Å². The Labute approximate surface area is 684 Å². The lowest BCUT2D eigenvalue weighted by Gasteiger charge is -2.29. The Morgan fingerprint density at radius 3 is 1.93 bits per heavy atom. The van der Waals surface area contributed by atoms with Crippen LogP contribution in [0.5, 0.6) is 0 Å². The van der Waals surface area contributed by atoms with Crippen LogP contribution in [0.2, 0.25) is 0 Å². The van der Waals surface area contributed by atoms with Crippen molar-refractivity contribution in [2.24, 2.45) is 11.1 Å². The minimum atomic E-state index is -4.59. The molecule has 10 rings (SSSR count). The number of aromatic nitrogens is 2. The second kappa shape index (κ2) is 38.9. The van der Waals surface area contributed by atoms with Crippen molar-refractivity contribution in [2.75, 3.05) is 114 Å². The van der Waals surface area contributed by atoms with Crippen LogP contribution < -0.4 is 16.0 Å². The maximum absolute atomic E-state index is 13.0. The number of anilines is 2. The fourth-order valence-electron chi connectivity index (χ4n) is 15.5. The smallest absolute Gasteiger partial charge is 0.294 e. The van der Waals surface area contributed by atoms with Crippen LogP contribution in [0.15, 0.2) is 154 Å². The van der Waals surface area contributed by atoms with Crippen LogP contribution in [0.25, 0.3) is 11.3 Å². The number of allylic oxidation sites excluding steroid dienone is 8. The maximum Gasteiger partial charge on any atom is 0.294 e. The van der Waals surface area contributed by atoms with E-state index in [1.54, 1.807) is 24.3 Å². The Bertz CT molecular complexity index is 5130. The van der Waals surface area contributed by atoms with Crippen LogP contribution >= 0.6 is 22.6 Å². The number of ether oxygens (including phenoxy) is 5. The van der Waals surface area contributed by atoms with E-state index >= 15 is 0 Å². The normalized spacial score (nSPS) is 17.0. The number of fused-ring (bicyclic) bond motifs is 3. The number of primary amides is 1. The van der Waals surface area contributed by atoms with Gasteiger partial charge >= 0.3 is 0 Å². The second-order valence-electron chi connectivity index (χ2n) is 31.1. The molecule has 0 spiro atoms. The number of hydrogen-bond donors (Lipinski definition) is 5. The van der Waals surface area contributed by atoms with E-state index in [1.165, 1.54) is 24.3 Å². The third kappa shape index (κ3) is 24.0. The summed E-state index contributed by atoms with van der Waals surface area (Å²) in [7, 11) is -17.9. The number of aryl methyl sites for hydroxylation is 1. The summed E-state index contributed by atoms with van der Waals surface area (Å²) in [6, 6.07) is 31.1. The summed E-state index contributed by atoms with van der Waals surface area (Å²) >= 11 is 2.33. The summed E-state index contributed by atoms with van der Waals surface area (Å²) in [6.45, 7) is 21.2. The van der Waals surface area contributed by atoms with E-state index in [0.717, 1.165) is 79.2 Å². The van der Waals surface area contributed by atoms with Gasteiger partial charge in [0, 0.05) is 108 Å². The van der Waals surface area contributed by atoms with Gasteiger partial charge in [-0.05, 0) is 212 Å². The summed E-state index contributed by atoms with van der Waals surface area (Å²) in [5.74, 6) is -1.45. The molecule has 618 valence electrons. The monoisotopic (exact) mass is 1760 g/mol. The molecule has 0 unspecified atom stereocenters. The molecule has 26 nitrogen and oxygen atoms in total. The molecule has 5 aromatic carbocycles. The van der Waals surface area contributed by atoms with Gasteiger partial charge in [0.05, 0.1) is 112 Å². The molecule has 0 fully saturated rings. The van der Waals surface area contributed by atoms with Crippen LogP contribution in [0.3, 0.4) is 0 Å². The topological polar surface area (TPSA) is 366 Å². The minimum absolute atomic E-state index is 0.0925. The fraction of sp³-hybridized carbons (Fsp3) is 0.470. The molecule has 0 saturated heterocycles. The number of amides is 1. The lowest BCUT2D eigenvalue weighted by molar-refractivity contribution is -0.438. The number of rotatable bonds is 43. The molecule has 1 aromatic heterocycles. The molecule has 0 atom stereocenters. The van der Waals surface area contributed by atoms with Crippen LogP contribution in [0, 0.1) is 15.9 Å². The molecular formula is C83H106IN7O19S4. The van der Waals surface area contributed by atoms with Crippen LogP contribution in [-0.4, -0.2) is 192 Å². The van der Waals surface area contributed by atoms with Gasteiger partial charge in [0.1, 0.15) is 6.54 Å². The lowest BCUT2D eigenvalue weighted by Crippen LogP contribution is -2.28. The Hall–Kier alpha value is -7.19. The second-order valence-corrected chi connectivity index (χ2v) is 38.3. The van der Waals surface area contributed by atoms with Crippen molar-refractivity contribution in [3.8, 4) is 5.69 Å². The van der Waals surface area contributed by atoms with E-state index < -0.39 is 68.7 Å². The van der Waals surface area contributed by atoms with Gasteiger partial charge in [0.2, 0.25) is 5.69 Å². The van der Waals surface area contributed by atoms with Gasteiger partial charge in [-0.3, -0.25) is 28.1 Å². The van der Waals surface area contributed by atoms with Gasteiger partial charge in [-0.25, -0.2) is 13.1 Å². The number of nitrogens with one attached hydrogen (secondary N) is 1. The Morgan fingerprint density at radius 2 is 1.30 bits per heavy atom. The molecule has 0 bridgehead atoms. The van der Waals surface area contributed by atoms with E-state index in [2.05, 4.69) is 107 Å². The first-order chi connectivity index (χ1) is 53.9. The fourth-order valence-corrected chi connectivity index (χ4v) is 18.2. The minimum Gasteiger partial charge on any atom is -0.748 e. The third-order valence-corrected chi connectivity index (χ3v) is 25.0. The zero-order valence-electron chi connectivity index (χ0n) is 65.8. The predicted octanol–water partition coefficient (Wildman–Crippen LogP) is 12.7. The number of carbonyl (C=O) groups excluding carboxylic acids is 2. The number of halogens is 1. The highest BCUT2D eigenvalue weighted by atomic mass is 127. The maximum atomic E-state index is 13.0. The number of nitrogens with zero attached hydrogens (tertiary/aromatic N) is 5. The molecule has 0 radical (unpaired) electrons. The standard InChI is InChI=1S/C83H106IN7O19S4/c1-58-78-74(54-81(2,3)55-75(78)92)91(87-58)65-26-29-68(80(85)93)71(51-65)86-34-14-38-106-40-42-108-44-46-110-47-45-109-43-41-107-39-15-35-88(57-60-16-12-19-64(84)50-60)56-59-20-22-63(23-21-59)79-61(24-32-76-82(4,5)69-52-66(113(100,101)102)27-30-72(69)89(76)36-8-10-48-111(94,95)96)17-13-18-62(79)25-33-77-83(6,7)70-53-67(114(103,104)105)28-31-73(70)90(77)37-9-11-49-112(97,98)99/h12,16,19-33,50-53H,8-11,13-15,17-18,34-49,54-57H2,1-7H3,(H6-,85,86,93,94,95,96,97,98,99,100,101,102,103,104,105). The number of carbonyl (C=O) groups is 2. The Balaban J connectivity index is 0.756. The summed E-state index contributed by atoms with van der Waals surface area (Å²) in [4.78, 5) is 29.3. The number of hydrogen-bond acceptors (Lipinski definition) is 20. The summed E-state index contributed by atoms with van der Waals surface area (Å²) in [5.41, 5.74) is 18.1. The van der Waals surface area contributed by atoms with Crippen molar-refractivity contribution in [2.45, 2.75) is 153 Å². The third-order valence-electron chi connectivity index (χ3n) is 21.0. The Kier molecular flexibility index (Phi) is 30.4. The van der Waals surface area contributed by atoms with E-state index in [1.807, 2.05) is 67.0 Å². The van der Waals surface area contributed by atoms with Gasteiger partial charge in [0.25, 0.3) is 36.3 Å². The highest BCUT2D eigenvalue weighted by Crippen LogP contribution is 2.50. The van der Waals surface area contributed by atoms with E-state index in [-0.39, 0.29) is 33.8 Å². The summed E-state index contributed by atoms with van der Waals surface area (Å²) in [6.07, 6.45) is 13.7. The van der Waals surface area contributed by atoms with Gasteiger partial charge < -0.3 is 44.2 Å². The predicted molar refractivity (Wildman–Crippen MR) is 446 cm³/mol. The first-order valence-corrected chi connectivity index (χ1v) is 45.7. The number of unbranched alkanes of at least 4 members (excludes halogenated alkanes) is 2. The molecular weight excluding hydrogens is 1650 g/mol. The zero-order valence-corrected chi connectivity index (χ0v) is 71.3. The average Bonchev–Trinajstić information content (AvgIpc) is 1.59. The molecule has 2 aliphatic heterocycles. The quantitative estimate of drug-likeness (QED) is 0.0103. The van der Waals surface area contributed by atoms with Crippen LogP contribution in [-0.2, 0) is 94.5 Å². The van der Waals surface area contributed by atoms with E-state index in [0.29, 0.717) is 189 Å². The molecule has 114 heavy (non-hydrogen) atoms. The Morgan fingerprint density at radius 1 is 0.675 bits per heavy atom. The number of ketones is 1. The summed E-state index contributed by atoms with van der Waals surface area (Å²) in [5, 5.41) is 8.05. The van der Waals surface area contributed by atoms with Crippen molar-refractivity contribution in [1.29, 1.82) is 0 Å². The summed E-state index contributed by atoms with van der Waals surface area (Å²) < 4.78 is 173. The molecule has 2 aliphatic carbocycles. The highest BCUT2D eigenvalue weighted by Gasteiger charge is 2.46. The first kappa shape index (κ1) is 89.2. The molecule has 6 aromatic rings. The molecule has 1 amide bonds. The van der Waals surface area contributed by atoms with E-state index in [9.17, 15) is 61.5 Å². The van der Waals surface area contributed by atoms with Gasteiger partial charge in [-0.2, -0.15) is 34.9 Å². The molecule has 0 saturated carbocycles. The van der Waals surface area contributed by atoms with Crippen molar-refractivity contribution in [3.63, 3.8) is 0 Å². The average molecular weight is 1760 g/mol. The van der Waals surface area contributed by atoms with E-state index in [4.69, 9.17) is 34.5 Å². The van der Waals surface area contributed by atoms with Gasteiger partial charge in [0.15, 0.2) is 11.5 Å². The number of nitrogens with two attached hydrogens (primary N) is 1. The highest BCUT2D eigenvalue weighted by molar-refractivity contribution is 14.1. The SMILES string of the molecule is Cc1nn(-c2ccc(C(N)=O)c(NCCCOCCOCCOCCOCCOCCCN(Cc3ccc(C4=C(/C=C\C5=[N+](CCCCS(=O)(=O)O)c6ccc(S(=O)(=O)O)cc6C5(C)C)CCC/C4=C\C=C4/N(CCCCS(=O)(=O)[O-])c5ccc(S(=O)(=O)O)cc5C4(C)C)cc3)Cc3cccc(I)c3)c2)c2c1C(=O)CC(C)(C)C2. The van der Waals surface area contributed by atoms with Crippen molar-refractivity contribution in [1.82, 2.24) is 14.7 Å². The number of benzene rings is 5. The van der Waals surface area contributed by atoms with Crippen molar-refractivity contribution in [3.05, 3.63) is 198 Å². The lowest BCUT2D eigenvalue weighted by atomic mass is 9.75. The van der Waals surface area contributed by atoms with Crippen LogP contribution in [0.4, 0.5) is 17.1 Å². The molecule has 4 aliphatic rings. The van der Waals surface area contributed by atoms with Crippen LogP contribution in [0.1, 0.15) is 166 Å². The largest absolute Gasteiger partial charge is 0.748 e. The zero-order chi connectivity index (χ0) is 82.4. The first-order valence-electron chi connectivity index (χ1n) is 38.5. The molecule has 3 heterocycles. The van der Waals surface area contributed by atoms with Crippen molar-refractivity contribution >= 4 is 103 Å². The van der Waals surface area contributed by atoms with Gasteiger partial charge in [-0.1, -0.05) is 76.2 Å². The molecule has 31 heteroatoms. The number of Topliss-reactive ketones (excluding diaryl/α,β-unsaturated/α-hetero) is 1. The molecule has 6 N–H and O–H groups in total. The van der Waals surface area contributed by atoms with Gasteiger partial charge in [-0.15, -0.1) is 0 Å².